The molecule has 2 unspecified atom stereocenters. The van der Waals surface area contributed by atoms with E-state index < -0.39 is 52.6 Å². The van der Waals surface area contributed by atoms with Crippen molar-refractivity contribution in [2.45, 2.75) is 50.7 Å². The van der Waals surface area contributed by atoms with Crippen molar-refractivity contribution < 1.29 is 30.7 Å². The number of nitrogens with two attached hydrogens (primary N) is 1. The summed E-state index contributed by atoms with van der Waals surface area (Å²) >= 11 is 0. The van der Waals surface area contributed by atoms with Crippen LogP contribution in [0.1, 0.15) is 36.9 Å². The number of aryl methyl sites for hydroxylation is 1. The fourth-order valence-corrected chi connectivity index (χ4v) is 4.31. The number of hydrogen-bond donors (Lipinski definition) is 3. The second kappa shape index (κ2) is 11.3. The number of pyridine rings is 2. The largest absolute Gasteiger partial charge is 0.423 e. The van der Waals surface area contributed by atoms with E-state index in [0.29, 0.717) is 18.2 Å². The Labute approximate surface area is 227 Å². The summed E-state index contributed by atoms with van der Waals surface area (Å²) in [5.41, 5.74) is 1.19. The van der Waals surface area contributed by atoms with Crippen LogP contribution in [0, 0.1) is 5.82 Å². The van der Waals surface area contributed by atoms with Crippen LogP contribution in [0.25, 0.3) is 22.0 Å². The maximum atomic E-state index is 15.0. The van der Waals surface area contributed by atoms with Crippen LogP contribution in [0.4, 0.5) is 36.4 Å². The number of rotatable bonds is 8. The Morgan fingerprint density at radius 3 is 2.44 bits per heavy atom. The summed E-state index contributed by atoms with van der Waals surface area (Å²) in [4.78, 5) is 28.5. The minimum absolute atomic E-state index is 0.0193. The number of benzene rings is 1. The van der Waals surface area contributed by atoms with E-state index in [4.69, 9.17) is 5.73 Å². The first-order chi connectivity index (χ1) is 19.2. The molecule has 8 nitrogen and oxygen atoms in total. The van der Waals surface area contributed by atoms with Gasteiger partial charge in [0.15, 0.2) is 0 Å². The van der Waals surface area contributed by atoms with Gasteiger partial charge in [-0.1, -0.05) is 6.07 Å². The van der Waals surface area contributed by atoms with Gasteiger partial charge in [-0.15, -0.1) is 0 Å². The van der Waals surface area contributed by atoms with Crippen molar-refractivity contribution in [1.82, 2.24) is 19.7 Å². The molecule has 0 saturated heterocycles. The molecular formula is C26H23F7N6O2. The average Bonchev–Trinajstić information content (AvgIpc) is 2.88. The SMILES string of the molecule is CC(CCCn1ccc2cc(-c3ccc(C(N)C(F)(F)F)cn3)c(F)cc2c1=O)Nc1cn[nH]c(=O)c1C(F)(F)F. The first kappa shape index (κ1) is 29.7. The van der Waals surface area contributed by atoms with Crippen molar-refractivity contribution in [2.24, 2.45) is 5.73 Å². The normalized spacial score (nSPS) is 13.8. The van der Waals surface area contributed by atoms with Gasteiger partial charge in [-0.3, -0.25) is 14.6 Å². The average molecular weight is 584 g/mol. The highest BCUT2D eigenvalue weighted by molar-refractivity contribution is 5.86. The summed E-state index contributed by atoms with van der Waals surface area (Å²) < 4.78 is 94.5. The van der Waals surface area contributed by atoms with Crippen molar-refractivity contribution in [3.63, 3.8) is 0 Å². The fraction of sp³-hybridized carbons (Fsp3) is 0.308. The monoisotopic (exact) mass is 584 g/mol. The molecule has 0 radical (unpaired) electrons. The van der Waals surface area contributed by atoms with Crippen molar-refractivity contribution in [3.05, 3.63) is 86.6 Å². The van der Waals surface area contributed by atoms with E-state index in [1.807, 2.05) is 0 Å². The minimum atomic E-state index is -4.88. The third-order valence-corrected chi connectivity index (χ3v) is 6.42. The Kier molecular flexibility index (Phi) is 8.19. The Bertz CT molecular complexity index is 1660. The molecule has 3 heterocycles. The number of nitrogens with zero attached hydrogens (tertiary/aromatic N) is 3. The van der Waals surface area contributed by atoms with E-state index in [9.17, 15) is 40.3 Å². The summed E-state index contributed by atoms with van der Waals surface area (Å²) in [7, 11) is 0. The lowest BCUT2D eigenvalue weighted by Crippen LogP contribution is -2.28. The molecule has 4 rings (SSSR count). The van der Waals surface area contributed by atoms with E-state index >= 15 is 0 Å². The van der Waals surface area contributed by atoms with Crippen molar-refractivity contribution in [3.8, 4) is 11.3 Å². The third kappa shape index (κ3) is 6.56. The zero-order chi connectivity index (χ0) is 30.1. The lowest BCUT2D eigenvalue weighted by molar-refractivity contribution is -0.149. The predicted molar refractivity (Wildman–Crippen MR) is 137 cm³/mol. The zero-order valence-electron chi connectivity index (χ0n) is 21.3. The molecule has 0 spiro atoms. The number of H-pyrrole nitrogens is 1. The van der Waals surface area contributed by atoms with Crippen LogP contribution in [0.2, 0.25) is 0 Å². The summed E-state index contributed by atoms with van der Waals surface area (Å²) in [5, 5.41) is 8.22. The highest BCUT2D eigenvalue weighted by atomic mass is 19.4. The number of aromatic nitrogens is 4. The van der Waals surface area contributed by atoms with Gasteiger partial charge >= 0.3 is 12.4 Å². The van der Waals surface area contributed by atoms with Gasteiger partial charge in [-0.05, 0) is 55.0 Å². The topological polar surface area (TPSA) is 119 Å². The molecule has 0 aliphatic rings. The molecule has 2 atom stereocenters. The smallest absolute Gasteiger partial charge is 0.381 e. The van der Waals surface area contributed by atoms with Gasteiger partial charge in [-0.25, -0.2) is 9.49 Å². The van der Waals surface area contributed by atoms with Crippen LogP contribution in [0.15, 0.2) is 58.5 Å². The van der Waals surface area contributed by atoms with E-state index in [2.05, 4.69) is 15.4 Å². The summed E-state index contributed by atoms with van der Waals surface area (Å²) in [6, 6.07) is 3.51. The molecule has 41 heavy (non-hydrogen) atoms. The lowest BCUT2D eigenvalue weighted by Gasteiger charge is -2.18. The van der Waals surface area contributed by atoms with E-state index in [-0.39, 0.29) is 28.8 Å². The number of hydrogen-bond acceptors (Lipinski definition) is 6. The van der Waals surface area contributed by atoms with E-state index in [1.165, 1.54) is 22.9 Å². The van der Waals surface area contributed by atoms with Crippen LogP contribution >= 0.6 is 0 Å². The van der Waals surface area contributed by atoms with Gasteiger partial charge in [0.1, 0.15) is 17.4 Å². The molecule has 0 bridgehead atoms. The number of anilines is 1. The molecule has 1 aromatic carbocycles. The molecule has 0 saturated carbocycles. The van der Waals surface area contributed by atoms with Gasteiger partial charge < -0.3 is 15.6 Å². The Balaban J connectivity index is 1.47. The number of halogens is 7. The molecule has 0 amide bonds. The molecule has 15 heteroatoms. The number of aromatic amines is 1. The maximum absolute atomic E-state index is 15.0. The first-order valence-electron chi connectivity index (χ1n) is 12.2. The van der Waals surface area contributed by atoms with Crippen molar-refractivity contribution in [1.29, 1.82) is 0 Å². The molecule has 0 fully saturated rings. The van der Waals surface area contributed by atoms with Gasteiger partial charge in [0.05, 0.1) is 23.0 Å². The molecule has 0 aliphatic carbocycles. The zero-order valence-corrected chi connectivity index (χ0v) is 21.3. The van der Waals surface area contributed by atoms with Crippen molar-refractivity contribution >= 4 is 16.5 Å². The van der Waals surface area contributed by atoms with E-state index in [1.54, 1.807) is 18.1 Å². The first-order valence-corrected chi connectivity index (χ1v) is 12.2. The van der Waals surface area contributed by atoms with Crippen LogP contribution in [0.3, 0.4) is 0 Å². The number of nitrogens with one attached hydrogen (secondary N) is 2. The standard InChI is InChI=1S/C26H23F7N6O2/c1-13(37-20-12-36-38-23(40)21(20)25(28,29)30)3-2-7-39-8-6-14-9-17(18(27)10-16(14)24(39)41)19-5-4-15(11-35-19)22(34)26(31,32)33/h4-6,8-13,22H,2-3,7,34H2,1H3,(H2,37,38,40). The second-order valence-corrected chi connectivity index (χ2v) is 9.40. The highest BCUT2D eigenvalue weighted by Crippen LogP contribution is 2.33. The molecule has 0 aliphatic heterocycles. The lowest BCUT2D eigenvalue weighted by atomic mass is 10.0. The maximum Gasteiger partial charge on any atom is 0.423 e. The van der Waals surface area contributed by atoms with Crippen LogP contribution in [0.5, 0.6) is 0 Å². The number of alkyl halides is 6. The Morgan fingerprint density at radius 1 is 1.07 bits per heavy atom. The van der Waals surface area contributed by atoms with Gasteiger partial charge in [0.2, 0.25) is 0 Å². The van der Waals surface area contributed by atoms with Crippen LogP contribution in [-0.2, 0) is 12.7 Å². The quantitative estimate of drug-likeness (QED) is 0.247. The molecule has 4 N–H and O–H groups in total. The Hall–Kier alpha value is -4.27. The summed E-state index contributed by atoms with van der Waals surface area (Å²) in [5.74, 6) is -0.808. The van der Waals surface area contributed by atoms with Crippen LogP contribution < -0.4 is 22.2 Å². The number of fused-ring (bicyclic) bond motifs is 1. The van der Waals surface area contributed by atoms with Gasteiger partial charge in [-0.2, -0.15) is 31.4 Å². The summed E-state index contributed by atoms with van der Waals surface area (Å²) in [6.07, 6.45) is -5.60. The molecule has 3 aromatic heterocycles. The molecular weight excluding hydrogens is 561 g/mol. The highest BCUT2D eigenvalue weighted by Gasteiger charge is 2.38. The van der Waals surface area contributed by atoms with Gasteiger partial charge in [0.25, 0.3) is 11.1 Å². The van der Waals surface area contributed by atoms with Gasteiger partial charge in [0, 0.05) is 30.5 Å². The second-order valence-electron chi connectivity index (χ2n) is 9.40. The van der Waals surface area contributed by atoms with Crippen molar-refractivity contribution in [2.75, 3.05) is 5.32 Å². The molecule has 218 valence electrons. The fourth-order valence-electron chi connectivity index (χ4n) is 4.31. The minimum Gasteiger partial charge on any atom is -0.381 e. The third-order valence-electron chi connectivity index (χ3n) is 6.42. The summed E-state index contributed by atoms with van der Waals surface area (Å²) in [6.45, 7) is 1.78. The van der Waals surface area contributed by atoms with Crippen LogP contribution in [-0.4, -0.2) is 32.0 Å². The molecule has 4 aromatic rings. The predicted octanol–water partition coefficient (Wildman–Crippen LogP) is 5.15. The van der Waals surface area contributed by atoms with E-state index in [0.717, 1.165) is 24.5 Å². The Morgan fingerprint density at radius 2 is 1.80 bits per heavy atom.